The summed E-state index contributed by atoms with van der Waals surface area (Å²) in [5, 5.41) is 8.57. The summed E-state index contributed by atoms with van der Waals surface area (Å²) in [6, 6.07) is 5.14. The average molecular weight is 397 g/mol. The van der Waals surface area contributed by atoms with Crippen LogP contribution in [0.3, 0.4) is 0 Å². The number of piperazine rings is 1. The Balaban J connectivity index is 1.34. The number of hydrogen-bond donors (Lipinski definition) is 3. The monoisotopic (exact) mass is 397 g/mol. The lowest BCUT2D eigenvalue weighted by Crippen LogP contribution is -2.76. The highest BCUT2D eigenvalue weighted by molar-refractivity contribution is 6.05. The minimum atomic E-state index is -0.605. The zero-order valence-electron chi connectivity index (χ0n) is 16.0. The van der Waals surface area contributed by atoms with Crippen molar-refractivity contribution in [3.8, 4) is 0 Å². The molecule has 0 aromatic heterocycles. The summed E-state index contributed by atoms with van der Waals surface area (Å²) in [6.07, 6.45) is 0.602. The Morgan fingerprint density at radius 2 is 1.86 bits per heavy atom. The second-order valence-electron chi connectivity index (χ2n) is 8.35. The average Bonchev–Trinajstić information content (AvgIpc) is 2.97. The van der Waals surface area contributed by atoms with Gasteiger partial charge < -0.3 is 15.5 Å². The van der Waals surface area contributed by atoms with Gasteiger partial charge in [-0.1, -0.05) is 12.1 Å². The summed E-state index contributed by atoms with van der Waals surface area (Å²) in [7, 11) is 0. The van der Waals surface area contributed by atoms with Gasteiger partial charge in [-0.25, -0.2) is 0 Å². The first-order valence-electron chi connectivity index (χ1n) is 9.94. The number of nitrogens with one attached hydrogen (secondary N) is 3. The maximum Gasteiger partial charge on any atom is 0.255 e. The van der Waals surface area contributed by atoms with Crippen molar-refractivity contribution in [2.45, 2.75) is 37.5 Å². The van der Waals surface area contributed by atoms with Gasteiger partial charge in [-0.15, -0.1) is 0 Å². The SMILES string of the molecule is O=C1CN(Cc2ccc3c(c2)CN(C2CCC(=O)NC2=O)C3=O)C2(CNC2)CN1. The predicted octanol–water partition coefficient (Wildman–Crippen LogP) is -1.28. The van der Waals surface area contributed by atoms with E-state index < -0.39 is 11.9 Å². The van der Waals surface area contributed by atoms with Gasteiger partial charge in [0, 0.05) is 44.7 Å². The molecule has 3 saturated heterocycles. The standard InChI is InChI=1S/C20H23N5O4/c26-16-4-3-15(18(28)23-16)25-7-13-5-12(1-2-14(13)19(25)29)6-24-8-17(27)22-11-20(24)9-21-10-20/h1-2,5,15,21H,3-4,6-11H2,(H,22,27)(H,23,26,28). The van der Waals surface area contributed by atoms with Crippen molar-refractivity contribution >= 4 is 23.6 Å². The van der Waals surface area contributed by atoms with Crippen molar-refractivity contribution in [1.29, 1.82) is 0 Å². The maximum absolute atomic E-state index is 12.8. The number of carbonyl (C=O) groups excluding carboxylic acids is 4. The zero-order valence-corrected chi connectivity index (χ0v) is 16.0. The van der Waals surface area contributed by atoms with E-state index in [4.69, 9.17) is 0 Å². The first kappa shape index (κ1) is 18.3. The highest BCUT2D eigenvalue weighted by Gasteiger charge is 2.46. The van der Waals surface area contributed by atoms with Crippen molar-refractivity contribution < 1.29 is 19.2 Å². The van der Waals surface area contributed by atoms with Gasteiger partial charge in [0.15, 0.2) is 0 Å². The van der Waals surface area contributed by atoms with Crippen molar-refractivity contribution in [3.63, 3.8) is 0 Å². The number of rotatable bonds is 3. The van der Waals surface area contributed by atoms with E-state index in [0.29, 0.717) is 38.2 Å². The van der Waals surface area contributed by atoms with Crippen LogP contribution in [0.25, 0.3) is 0 Å². The van der Waals surface area contributed by atoms with Crippen LogP contribution in [0.4, 0.5) is 0 Å². The Kier molecular flexibility index (Phi) is 4.18. The van der Waals surface area contributed by atoms with Crippen LogP contribution in [-0.4, -0.2) is 71.2 Å². The minimum Gasteiger partial charge on any atom is -0.353 e. The molecule has 9 nitrogen and oxygen atoms in total. The molecule has 29 heavy (non-hydrogen) atoms. The van der Waals surface area contributed by atoms with Gasteiger partial charge in [-0.05, 0) is 23.6 Å². The molecule has 152 valence electrons. The Morgan fingerprint density at radius 1 is 1.03 bits per heavy atom. The summed E-state index contributed by atoms with van der Waals surface area (Å²) >= 11 is 0. The third-order valence-corrected chi connectivity index (χ3v) is 6.49. The molecular formula is C20H23N5O4. The van der Waals surface area contributed by atoms with Gasteiger partial charge in [0.1, 0.15) is 6.04 Å². The number of piperidine rings is 1. The summed E-state index contributed by atoms with van der Waals surface area (Å²) in [4.78, 5) is 52.1. The predicted molar refractivity (Wildman–Crippen MR) is 102 cm³/mol. The van der Waals surface area contributed by atoms with E-state index in [9.17, 15) is 19.2 Å². The van der Waals surface area contributed by atoms with E-state index in [0.717, 1.165) is 24.2 Å². The summed E-state index contributed by atoms with van der Waals surface area (Å²) in [5.41, 5.74) is 2.50. The first-order valence-corrected chi connectivity index (χ1v) is 9.94. The summed E-state index contributed by atoms with van der Waals surface area (Å²) in [5.74, 6) is -0.829. The number of amides is 4. The van der Waals surface area contributed by atoms with E-state index in [2.05, 4.69) is 20.9 Å². The molecule has 4 amide bonds. The fourth-order valence-corrected chi connectivity index (χ4v) is 4.70. The molecule has 3 fully saturated rings. The molecule has 0 aliphatic carbocycles. The third kappa shape index (κ3) is 3.01. The Hall–Kier alpha value is -2.78. The van der Waals surface area contributed by atoms with Gasteiger partial charge >= 0.3 is 0 Å². The number of carbonyl (C=O) groups is 4. The molecule has 4 heterocycles. The van der Waals surface area contributed by atoms with Crippen molar-refractivity contribution in [2.24, 2.45) is 0 Å². The molecule has 1 spiro atoms. The summed E-state index contributed by atoms with van der Waals surface area (Å²) < 4.78 is 0. The molecule has 4 aliphatic rings. The molecule has 0 radical (unpaired) electrons. The van der Waals surface area contributed by atoms with Gasteiger partial charge in [0.25, 0.3) is 5.91 Å². The maximum atomic E-state index is 12.8. The molecule has 9 heteroatoms. The topological polar surface area (TPSA) is 111 Å². The van der Waals surface area contributed by atoms with Crippen LogP contribution in [0.1, 0.15) is 34.3 Å². The van der Waals surface area contributed by atoms with Crippen molar-refractivity contribution in [2.75, 3.05) is 26.2 Å². The number of nitrogens with zero attached hydrogens (tertiary/aromatic N) is 2. The van der Waals surface area contributed by atoms with E-state index in [-0.39, 0.29) is 29.7 Å². The Labute approximate surface area is 167 Å². The lowest BCUT2D eigenvalue weighted by atomic mass is 9.87. The molecule has 1 aromatic carbocycles. The number of hydrogen-bond acceptors (Lipinski definition) is 6. The van der Waals surface area contributed by atoms with Gasteiger partial charge in [-0.2, -0.15) is 0 Å². The summed E-state index contributed by atoms with van der Waals surface area (Å²) in [6.45, 7) is 3.70. The fraction of sp³-hybridized carbons (Fsp3) is 0.500. The normalized spacial score (nSPS) is 26.2. The van der Waals surface area contributed by atoms with Crippen molar-refractivity contribution in [3.05, 3.63) is 34.9 Å². The number of fused-ring (bicyclic) bond motifs is 1. The molecule has 1 unspecified atom stereocenters. The van der Waals surface area contributed by atoms with Crippen LogP contribution in [0, 0.1) is 0 Å². The molecule has 3 N–H and O–H groups in total. The quantitative estimate of drug-likeness (QED) is 0.548. The number of imide groups is 1. The van der Waals surface area contributed by atoms with Gasteiger partial charge in [0.05, 0.1) is 12.1 Å². The smallest absolute Gasteiger partial charge is 0.255 e. The molecule has 1 aromatic rings. The second kappa shape index (κ2) is 6.64. The van der Waals surface area contributed by atoms with Crippen LogP contribution < -0.4 is 16.0 Å². The van der Waals surface area contributed by atoms with Crippen LogP contribution >= 0.6 is 0 Å². The highest BCUT2D eigenvalue weighted by atomic mass is 16.2. The van der Waals surface area contributed by atoms with E-state index in [1.165, 1.54) is 0 Å². The molecule has 0 bridgehead atoms. The molecule has 5 rings (SSSR count). The molecule has 4 aliphatic heterocycles. The van der Waals surface area contributed by atoms with Crippen LogP contribution in [0.5, 0.6) is 0 Å². The van der Waals surface area contributed by atoms with Gasteiger partial charge in [0.2, 0.25) is 17.7 Å². The van der Waals surface area contributed by atoms with E-state index >= 15 is 0 Å². The molecular weight excluding hydrogens is 374 g/mol. The lowest BCUT2D eigenvalue weighted by molar-refractivity contribution is -0.137. The lowest BCUT2D eigenvalue weighted by Gasteiger charge is -2.53. The Bertz CT molecular complexity index is 925. The van der Waals surface area contributed by atoms with Crippen LogP contribution in [0.2, 0.25) is 0 Å². The van der Waals surface area contributed by atoms with E-state index in [1.54, 1.807) is 4.90 Å². The highest BCUT2D eigenvalue weighted by Crippen LogP contribution is 2.30. The van der Waals surface area contributed by atoms with Crippen LogP contribution in [0.15, 0.2) is 18.2 Å². The number of benzene rings is 1. The Morgan fingerprint density at radius 3 is 2.59 bits per heavy atom. The largest absolute Gasteiger partial charge is 0.353 e. The van der Waals surface area contributed by atoms with E-state index in [1.807, 2.05) is 18.2 Å². The third-order valence-electron chi connectivity index (χ3n) is 6.49. The molecule has 1 atom stereocenters. The second-order valence-corrected chi connectivity index (χ2v) is 8.35. The molecule has 0 saturated carbocycles. The van der Waals surface area contributed by atoms with Crippen molar-refractivity contribution in [1.82, 2.24) is 25.8 Å². The van der Waals surface area contributed by atoms with Gasteiger partial charge in [-0.3, -0.25) is 29.4 Å². The fourth-order valence-electron chi connectivity index (χ4n) is 4.70. The minimum absolute atomic E-state index is 0.0305. The zero-order chi connectivity index (χ0) is 20.2. The van der Waals surface area contributed by atoms with Crippen LogP contribution in [-0.2, 0) is 27.5 Å². The first-order chi connectivity index (χ1) is 13.9.